The molecule has 4 atom stereocenters. The molecule has 0 aromatic carbocycles. The average Bonchev–Trinajstić information content (AvgIpc) is 2.75. The maximum absolute atomic E-state index is 9.88. The van der Waals surface area contributed by atoms with Crippen LogP contribution in [0.15, 0.2) is 0 Å². The van der Waals surface area contributed by atoms with Crippen LogP contribution in [0.4, 0.5) is 0 Å². The highest BCUT2D eigenvalue weighted by atomic mass is 16.5. The molecule has 108 valence electrons. The maximum atomic E-state index is 9.88. The summed E-state index contributed by atoms with van der Waals surface area (Å²) in [6.45, 7) is 7.06. The van der Waals surface area contributed by atoms with Gasteiger partial charge in [0.2, 0.25) is 0 Å². The summed E-state index contributed by atoms with van der Waals surface area (Å²) in [5, 5.41) is 19.4. The number of rotatable bonds is 8. The van der Waals surface area contributed by atoms with E-state index in [1.165, 1.54) is 0 Å². The lowest BCUT2D eigenvalue weighted by molar-refractivity contribution is -0.0387. The van der Waals surface area contributed by atoms with Crippen molar-refractivity contribution in [2.75, 3.05) is 40.0 Å². The minimum atomic E-state index is -0.475. The Morgan fingerprint density at radius 2 is 2.00 bits per heavy atom. The number of hydrogen-bond donors (Lipinski definition) is 2. The zero-order chi connectivity index (χ0) is 13.5. The van der Waals surface area contributed by atoms with E-state index >= 15 is 0 Å². The molecule has 5 nitrogen and oxygen atoms in total. The van der Waals surface area contributed by atoms with E-state index in [1.807, 2.05) is 13.8 Å². The quantitative estimate of drug-likeness (QED) is 0.649. The second kappa shape index (κ2) is 8.07. The Balaban J connectivity index is 2.15. The van der Waals surface area contributed by atoms with Gasteiger partial charge in [-0.05, 0) is 32.7 Å². The van der Waals surface area contributed by atoms with Gasteiger partial charge in [-0.25, -0.2) is 0 Å². The molecule has 1 aliphatic heterocycles. The smallest absolute Gasteiger partial charge is 0.0900 e. The number of likely N-dealkylation sites (tertiary alicyclic amines) is 1. The van der Waals surface area contributed by atoms with E-state index in [2.05, 4.69) is 4.90 Å². The molecule has 0 aromatic rings. The third-order valence-electron chi connectivity index (χ3n) is 3.43. The van der Waals surface area contributed by atoms with Crippen LogP contribution < -0.4 is 0 Å². The monoisotopic (exact) mass is 261 g/mol. The first-order valence-corrected chi connectivity index (χ1v) is 6.72. The van der Waals surface area contributed by atoms with Gasteiger partial charge in [0.05, 0.1) is 31.5 Å². The van der Waals surface area contributed by atoms with Crippen LogP contribution in [-0.2, 0) is 9.47 Å². The number of aliphatic hydroxyl groups excluding tert-OH is 2. The topological polar surface area (TPSA) is 62.2 Å². The van der Waals surface area contributed by atoms with Gasteiger partial charge in [0.25, 0.3) is 0 Å². The Hall–Kier alpha value is -0.200. The van der Waals surface area contributed by atoms with Crippen LogP contribution in [-0.4, -0.2) is 73.4 Å². The van der Waals surface area contributed by atoms with Crippen LogP contribution in [0.25, 0.3) is 0 Å². The summed E-state index contributed by atoms with van der Waals surface area (Å²) in [5.41, 5.74) is 0. The van der Waals surface area contributed by atoms with Gasteiger partial charge >= 0.3 is 0 Å². The summed E-state index contributed by atoms with van der Waals surface area (Å²) in [5.74, 6) is 0.338. The molecule has 0 spiro atoms. The fourth-order valence-corrected chi connectivity index (χ4v) is 2.33. The van der Waals surface area contributed by atoms with Crippen molar-refractivity contribution in [3.8, 4) is 0 Å². The zero-order valence-electron chi connectivity index (χ0n) is 11.7. The number of nitrogens with zero attached hydrogens (tertiary/aromatic N) is 1. The minimum absolute atomic E-state index is 0.00782. The van der Waals surface area contributed by atoms with Crippen molar-refractivity contribution in [2.24, 2.45) is 5.92 Å². The summed E-state index contributed by atoms with van der Waals surface area (Å²) < 4.78 is 10.4. The van der Waals surface area contributed by atoms with E-state index in [4.69, 9.17) is 9.47 Å². The largest absolute Gasteiger partial charge is 0.393 e. The molecule has 0 amide bonds. The Labute approximate surface area is 110 Å². The van der Waals surface area contributed by atoms with Crippen molar-refractivity contribution in [2.45, 2.75) is 38.6 Å². The highest BCUT2D eigenvalue weighted by Crippen LogP contribution is 2.19. The van der Waals surface area contributed by atoms with Gasteiger partial charge in [-0.15, -0.1) is 0 Å². The van der Waals surface area contributed by atoms with Gasteiger partial charge in [-0.1, -0.05) is 0 Å². The Bertz CT molecular complexity index is 225. The van der Waals surface area contributed by atoms with Gasteiger partial charge in [-0.2, -0.15) is 0 Å². The third-order valence-corrected chi connectivity index (χ3v) is 3.43. The second-order valence-corrected chi connectivity index (χ2v) is 5.30. The Kier molecular flexibility index (Phi) is 7.11. The fraction of sp³-hybridized carbons (Fsp3) is 1.00. The van der Waals surface area contributed by atoms with Crippen LogP contribution in [0.3, 0.4) is 0 Å². The number of β-amino-alcohol motifs (C(OH)–C–C–N with tert-alkyl or cyclic N) is 1. The summed E-state index contributed by atoms with van der Waals surface area (Å²) in [6.07, 6.45) is 0.279. The summed E-state index contributed by atoms with van der Waals surface area (Å²) in [4.78, 5) is 2.19. The molecule has 18 heavy (non-hydrogen) atoms. The van der Waals surface area contributed by atoms with Gasteiger partial charge in [0, 0.05) is 20.2 Å². The molecule has 2 N–H and O–H groups in total. The summed E-state index contributed by atoms with van der Waals surface area (Å²) >= 11 is 0. The molecule has 5 heteroatoms. The third kappa shape index (κ3) is 5.63. The van der Waals surface area contributed by atoms with Crippen LogP contribution in [0.2, 0.25) is 0 Å². The fourth-order valence-electron chi connectivity index (χ4n) is 2.33. The SMILES string of the molecule is COCC(C)OCC(O)CN1CCC(C(C)O)C1. The molecule has 0 bridgehead atoms. The molecule has 0 aromatic heterocycles. The normalized spacial score (nSPS) is 26.2. The number of ether oxygens (including phenoxy) is 2. The van der Waals surface area contributed by atoms with E-state index in [0.29, 0.717) is 25.7 Å². The molecule has 1 aliphatic rings. The molecule has 1 saturated heterocycles. The van der Waals surface area contributed by atoms with Gasteiger partial charge < -0.3 is 24.6 Å². The lowest BCUT2D eigenvalue weighted by atomic mass is 10.0. The first kappa shape index (κ1) is 15.9. The van der Waals surface area contributed by atoms with E-state index < -0.39 is 6.10 Å². The minimum Gasteiger partial charge on any atom is -0.393 e. The Morgan fingerprint density at radius 1 is 1.28 bits per heavy atom. The van der Waals surface area contributed by atoms with Crippen LogP contribution in [0, 0.1) is 5.92 Å². The van der Waals surface area contributed by atoms with E-state index in [9.17, 15) is 10.2 Å². The van der Waals surface area contributed by atoms with E-state index in [-0.39, 0.29) is 12.2 Å². The lowest BCUT2D eigenvalue weighted by Gasteiger charge is -2.22. The molecule has 4 unspecified atom stereocenters. The van der Waals surface area contributed by atoms with Gasteiger partial charge in [0.1, 0.15) is 0 Å². The first-order chi connectivity index (χ1) is 8.52. The predicted molar refractivity (Wildman–Crippen MR) is 69.5 cm³/mol. The molecule has 0 saturated carbocycles. The standard InChI is InChI=1S/C13H27NO4/c1-10(8-17-3)18-9-13(16)7-14-5-4-12(6-14)11(2)15/h10-13,15-16H,4-9H2,1-3H3. The van der Waals surface area contributed by atoms with Crippen molar-refractivity contribution in [3.05, 3.63) is 0 Å². The van der Waals surface area contributed by atoms with Gasteiger partial charge in [-0.3, -0.25) is 0 Å². The number of methoxy groups -OCH3 is 1. The lowest BCUT2D eigenvalue weighted by Crippen LogP contribution is -2.35. The highest BCUT2D eigenvalue weighted by molar-refractivity contribution is 4.80. The van der Waals surface area contributed by atoms with Crippen LogP contribution in [0.1, 0.15) is 20.3 Å². The van der Waals surface area contributed by atoms with Crippen LogP contribution >= 0.6 is 0 Å². The molecular weight excluding hydrogens is 234 g/mol. The highest BCUT2D eigenvalue weighted by Gasteiger charge is 2.27. The van der Waals surface area contributed by atoms with Crippen molar-refractivity contribution in [3.63, 3.8) is 0 Å². The summed E-state index contributed by atoms with van der Waals surface area (Å²) in [7, 11) is 1.64. The van der Waals surface area contributed by atoms with Crippen molar-refractivity contribution >= 4 is 0 Å². The first-order valence-electron chi connectivity index (χ1n) is 6.72. The van der Waals surface area contributed by atoms with Crippen molar-refractivity contribution in [1.29, 1.82) is 0 Å². The maximum Gasteiger partial charge on any atom is 0.0900 e. The number of aliphatic hydroxyl groups is 2. The van der Waals surface area contributed by atoms with Gasteiger partial charge in [0.15, 0.2) is 0 Å². The molecular formula is C13H27NO4. The van der Waals surface area contributed by atoms with Crippen LogP contribution in [0.5, 0.6) is 0 Å². The molecule has 1 heterocycles. The predicted octanol–water partition coefficient (Wildman–Crippen LogP) is 0.102. The Morgan fingerprint density at radius 3 is 2.56 bits per heavy atom. The molecule has 1 fully saturated rings. The average molecular weight is 261 g/mol. The second-order valence-electron chi connectivity index (χ2n) is 5.30. The molecule has 0 aliphatic carbocycles. The van der Waals surface area contributed by atoms with Crippen molar-refractivity contribution < 1.29 is 19.7 Å². The molecule has 0 radical (unpaired) electrons. The van der Waals surface area contributed by atoms with E-state index in [0.717, 1.165) is 19.5 Å². The molecule has 1 rings (SSSR count). The summed E-state index contributed by atoms with van der Waals surface area (Å²) in [6, 6.07) is 0. The number of hydrogen-bond acceptors (Lipinski definition) is 5. The van der Waals surface area contributed by atoms with E-state index in [1.54, 1.807) is 7.11 Å². The van der Waals surface area contributed by atoms with Crippen molar-refractivity contribution in [1.82, 2.24) is 4.90 Å². The zero-order valence-corrected chi connectivity index (χ0v) is 11.7.